The van der Waals surface area contributed by atoms with E-state index >= 15 is 0 Å². The van der Waals surface area contributed by atoms with Crippen molar-refractivity contribution in [2.75, 3.05) is 13.2 Å². The van der Waals surface area contributed by atoms with Gasteiger partial charge in [0.1, 0.15) is 5.75 Å². The quantitative estimate of drug-likeness (QED) is 0.734. The molecule has 0 aliphatic heterocycles. The third-order valence-corrected chi connectivity index (χ3v) is 2.73. The molecule has 3 N–H and O–H groups in total. The maximum Gasteiger partial charge on any atom is 0.337 e. The fraction of sp³-hybridized carbons (Fsp3) is 0.333. The third kappa shape index (κ3) is 5.24. The van der Waals surface area contributed by atoms with Gasteiger partial charge >= 0.3 is 5.97 Å². The van der Waals surface area contributed by atoms with Crippen molar-refractivity contribution in [3.05, 3.63) is 28.2 Å². The number of rotatable bonds is 6. The number of halogens is 2. The van der Waals surface area contributed by atoms with Gasteiger partial charge in [0.15, 0.2) is 12.2 Å². The van der Waals surface area contributed by atoms with Crippen molar-refractivity contribution >= 4 is 35.1 Å². The number of hydrogen-bond donors (Lipinski definition) is 3. The maximum absolute atomic E-state index is 11.4. The highest BCUT2D eigenvalue weighted by molar-refractivity contribution is 6.34. The minimum absolute atomic E-state index is 0.308. The number of carbonyl (C=O) groups is 2. The highest BCUT2D eigenvalue weighted by atomic mass is 35.5. The summed E-state index contributed by atoms with van der Waals surface area (Å²) in [5.74, 6) is -1.70. The topological polar surface area (TPSA) is 95.9 Å². The van der Waals surface area contributed by atoms with Crippen LogP contribution in [0.15, 0.2) is 18.2 Å². The number of amides is 1. The summed E-state index contributed by atoms with van der Waals surface area (Å²) in [6.07, 6.45) is 0. The standard InChI is InChI=1S/C12H13Cl2NO5/c1-12(19,11(17)18)6-15-10(16)5-20-9-3-7(13)2-8(14)4-9/h2-4,19H,5-6H2,1H3,(H,15,16)(H,17,18). The summed E-state index contributed by atoms with van der Waals surface area (Å²) in [6, 6.07) is 4.47. The lowest BCUT2D eigenvalue weighted by atomic mass is 10.1. The van der Waals surface area contributed by atoms with Crippen LogP contribution in [-0.4, -0.2) is 40.8 Å². The van der Waals surface area contributed by atoms with Crippen LogP contribution >= 0.6 is 23.2 Å². The largest absolute Gasteiger partial charge is 0.484 e. The Morgan fingerprint density at radius 3 is 2.35 bits per heavy atom. The number of ether oxygens (including phenoxy) is 1. The first-order chi connectivity index (χ1) is 9.20. The number of carbonyl (C=O) groups excluding carboxylic acids is 1. The van der Waals surface area contributed by atoms with E-state index in [1.807, 2.05) is 0 Å². The van der Waals surface area contributed by atoms with Gasteiger partial charge < -0.3 is 20.3 Å². The van der Waals surface area contributed by atoms with Crippen LogP contribution in [0.1, 0.15) is 6.92 Å². The molecule has 110 valence electrons. The number of benzene rings is 1. The fourth-order valence-corrected chi connectivity index (χ4v) is 1.66. The Morgan fingerprint density at radius 2 is 1.85 bits per heavy atom. The molecule has 1 aromatic carbocycles. The number of carboxylic acids is 1. The van der Waals surface area contributed by atoms with E-state index in [-0.39, 0.29) is 6.61 Å². The molecule has 1 unspecified atom stereocenters. The Kier molecular flexibility index (Phi) is 5.62. The highest BCUT2D eigenvalue weighted by Crippen LogP contribution is 2.23. The van der Waals surface area contributed by atoms with Crippen LogP contribution in [0.2, 0.25) is 10.0 Å². The van der Waals surface area contributed by atoms with Crippen molar-refractivity contribution in [2.45, 2.75) is 12.5 Å². The van der Waals surface area contributed by atoms with E-state index in [1.54, 1.807) is 0 Å². The highest BCUT2D eigenvalue weighted by Gasteiger charge is 2.30. The zero-order valence-corrected chi connectivity index (χ0v) is 12.0. The normalized spacial score (nSPS) is 13.4. The molecule has 0 spiro atoms. The SMILES string of the molecule is CC(O)(CNC(=O)COc1cc(Cl)cc(Cl)c1)C(=O)O. The first-order valence-corrected chi connectivity index (χ1v) is 6.27. The lowest BCUT2D eigenvalue weighted by Crippen LogP contribution is -2.47. The number of carboxylic acid groups (broad SMARTS) is 1. The molecule has 0 saturated heterocycles. The second-order valence-electron chi connectivity index (χ2n) is 4.25. The Hall–Kier alpha value is -1.50. The number of nitrogens with one attached hydrogen (secondary N) is 1. The molecule has 1 aromatic rings. The van der Waals surface area contributed by atoms with Gasteiger partial charge in [-0.15, -0.1) is 0 Å². The molecular weight excluding hydrogens is 309 g/mol. The van der Waals surface area contributed by atoms with E-state index in [2.05, 4.69) is 5.32 Å². The van der Waals surface area contributed by atoms with Crippen LogP contribution < -0.4 is 10.1 Å². The summed E-state index contributed by atoms with van der Waals surface area (Å²) in [4.78, 5) is 22.1. The number of aliphatic hydroxyl groups is 1. The second-order valence-corrected chi connectivity index (χ2v) is 5.12. The van der Waals surface area contributed by atoms with Gasteiger partial charge in [0.2, 0.25) is 0 Å². The summed E-state index contributed by atoms with van der Waals surface area (Å²) in [7, 11) is 0. The van der Waals surface area contributed by atoms with Crippen molar-refractivity contribution in [1.29, 1.82) is 0 Å². The average molecular weight is 322 g/mol. The van der Waals surface area contributed by atoms with E-state index in [9.17, 15) is 14.7 Å². The Morgan fingerprint density at radius 1 is 1.30 bits per heavy atom. The van der Waals surface area contributed by atoms with Crippen molar-refractivity contribution in [3.8, 4) is 5.75 Å². The molecule has 0 radical (unpaired) electrons. The van der Waals surface area contributed by atoms with Crippen molar-refractivity contribution in [3.63, 3.8) is 0 Å². The molecule has 0 bridgehead atoms. The van der Waals surface area contributed by atoms with E-state index in [4.69, 9.17) is 33.0 Å². The number of hydrogen-bond acceptors (Lipinski definition) is 4. The van der Waals surface area contributed by atoms with Gasteiger partial charge in [0, 0.05) is 10.0 Å². The molecule has 6 nitrogen and oxygen atoms in total. The zero-order valence-electron chi connectivity index (χ0n) is 10.5. The summed E-state index contributed by atoms with van der Waals surface area (Å²) in [5.41, 5.74) is -2.03. The molecule has 0 aromatic heterocycles. The molecule has 0 heterocycles. The molecule has 8 heteroatoms. The predicted molar refractivity (Wildman–Crippen MR) is 73.2 cm³/mol. The van der Waals surface area contributed by atoms with E-state index < -0.39 is 24.0 Å². The zero-order chi connectivity index (χ0) is 15.3. The van der Waals surface area contributed by atoms with Crippen LogP contribution in [0.4, 0.5) is 0 Å². The molecule has 0 fully saturated rings. The van der Waals surface area contributed by atoms with Gasteiger partial charge in [-0.2, -0.15) is 0 Å². The monoisotopic (exact) mass is 321 g/mol. The molecule has 20 heavy (non-hydrogen) atoms. The maximum atomic E-state index is 11.4. The Labute approximate surface area is 125 Å². The molecular formula is C12H13Cl2NO5. The van der Waals surface area contributed by atoms with E-state index in [0.717, 1.165) is 6.92 Å². The van der Waals surface area contributed by atoms with Crippen LogP contribution in [0.5, 0.6) is 5.75 Å². The third-order valence-electron chi connectivity index (χ3n) is 2.30. The first-order valence-electron chi connectivity index (χ1n) is 5.52. The van der Waals surface area contributed by atoms with Gasteiger partial charge in [0.25, 0.3) is 5.91 Å². The predicted octanol–water partition coefficient (Wildman–Crippen LogP) is 1.32. The van der Waals surface area contributed by atoms with Crippen molar-refractivity contribution in [1.82, 2.24) is 5.32 Å². The summed E-state index contributed by atoms with van der Waals surface area (Å²) in [5, 5.41) is 21.0. The van der Waals surface area contributed by atoms with Gasteiger partial charge in [-0.1, -0.05) is 23.2 Å². The Balaban J connectivity index is 2.46. The van der Waals surface area contributed by atoms with Gasteiger partial charge in [-0.3, -0.25) is 4.79 Å². The molecule has 1 rings (SSSR count). The van der Waals surface area contributed by atoms with Crippen LogP contribution in [-0.2, 0) is 9.59 Å². The van der Waals surface area contributed by atoms with Crippen LogP contribution in [0.3, 0.4) is 0 Å². The lowest BCUT2D eigenvalue weighted by Gasteiger charge is -2.18. The molecule has 0 aliphatic rings. The molecule has 1 amide bonds. The first kappa shape index (κ1) is 16.6. The number of aliphatic carboxylic acids is 1. The van der Waals surface area contributed by atoms with Gasteiger partial charge in [0.05, 0.1) is 6.54 Å². The van der Waals surface area contributed by atoms with Gasteiger partial charge in [-0.05, 0) is 25.1 Å². The van der Waals surface area contributed by atoms with Crippen LogP contribution in [0.25, 0.3) is 0 Å². The molecule has 0 aliphatic carbocycles. The van der Waals surface area contributed by atoms with E-state index in [1.165, 1.54) is 18.2 Å². The molecule has 0 saturated carbocycles. The van der Waals surface area contributed by atoms with E-state index in [0.29, 0.717) is 15.8 Å². The minimum atomic E-state index is -2.03. The second kappa shape index (κ2) is 6.78. The smallest absolute Gasteiger partial charge is 0.337 e. The van der Waals surface area contributed by atoms with Gasteiger partial charge in [-0.25, -0.2) is 4.79 Å². The van der Waals surface area contributed by atoms with Crippen LogP contribution in [0, 0.1) is 0 Å². The van der Waals surface area contributed by atoms with Crippen molar-refractivity contribution in [2.24, 2.45) is 0 Å². The Bertz CT molecular complexity index is 498. The average Bonchev–Trinajstić information content (AvgIpc) is 2.32. The summed E-state index contributed by atoms with van der Waals surface area (Å²) < 4.78 is 5.15. The fourth-order valence-electron chi connectivity index (χ4n) is 1.16. The summed E-state index contributed by atoms with van der Waals surface area (Å²) in [6.45, 7) is 0.292. The molecule has 1 atom stereocenters. The summed E-state index contributed by atoms with van der Waals surface area (Å²) >= 11 is 11.5. The lowest BCUT2D eigenvalue weighted by molar-refractivity contribution is -0.156. The minimum Gasteiger partial charge on any atom is -0.484 e. The van der Waals surface area contributed by atoms with Crippen molar-refractivity contribution < 1.29 is 24.5 Å².